The Labute approximate surface area is 178 Å². The first-order valence-electron chi connectivity index (χ1n) is 10.6. The van der Waals surface area contributed by atoms with Crippen molar-refractivity contribution in [1.29, 1.82) is 0 Å². The number of amides is 1. The van der Waals surface area contributed by atoms with Crippen LogP contribution in [-0.4, -0.2) is 51.1 Å². The number of likely N-dealkylation sites (tertiary alicyclic amines) is 1. The fourth-order valence-electron chi connectivity index (χ4n) is 4.24. The van der Waals surface area contributed by atoms with E-state index in [-0.39, 0.29) is 29.5 Å². The van der Waals surface area contributed by atoms with Crippen LogP contribution in [0, 0.1) is 0 Å². The summed E-state index contributed by atoms with van der Waals surface area (Å²) in [4.78, 5) is 15.1. The molecule has 2 unspecified atom stereocenters. The lowest BCUT2D eigenvalue weighted by Crippen LogP contribution is -2.36. The number of benzene rings is 2. The van der Waals surface area contributed by atoms with Gasteiger partial charge >= 0.3 is 0 Å². The predicted octanol–water partition coefficient (Wildman–Crippen LogP) is 2.99. The molecular formula is C23H28N2O4S. The SMILES string of the molecule is O=C(c1ccc(S(=O)(=O)NCC2CCCO2)cc1)N1CCCC1Cc1ccccc1. The minimum Gasteiger partial charge on any atom is -0.377 e. The van der Waals surface area contributed by atoms with E-state index >= 15 is 0 Å². The molecule has 2 fully saturated rings. The smallest absolute Gasteiger partial charge is 0.254 e. The maximum atomic E-state index is 13.1. The average molecular weight is 429 g/mol. The van der Waals surface area contributed by atoms with Crippen LogP contribution in [0.4, 0.5) is 0 Å². The normalized spacial score (nSPS) is 21.8. The fourth-order valence-corrected chi connectivity index (χ4v) is 5.30. The zero-order valence-electron chi connectivity index (χ0n) is 17.0. The van der Waals surface area contributed by atoms with Crippen molar-refractivity contribution < 1.29 is 17.9 Å². The van der Waals surface area contributed by atoms with Crippen LogP contribution in [0.2, 0.25) is 0 Å². The fraction of sp³-hybridized carbons (Fsp3) is 0.435. The summed E-state index contributed by atoms with van der Waals surface area (Å²) in [5.41, 5.74) is 1.74. The van der Waals surface area contributed by atoms with Crippen molar-refractivity contribution in [2.45, 2.75) is 49.1 Å². The van der Waals surface area contributed by atoms with Gasteiger partial charge in [-0.15, -0.1) is 0 Å². The maximum absolute atomic E-state index is 13.1. The van der Waals surface area contributed by atoms with Crippen LogP contribution in [0.25, 0.3) is 0 Å². The average Bonchev–Trinajstić information content (AvgIpc) is 3.45. The summed E-state index contributed by atoms with van der Waals surface area (Å²) in [7, 11) is -3.62. The highest BCUT2D eigenvalue weighted by Crippen LogP contribution is 2.24. The molecular weight excluding hydrogens is 400 g/mol. The molecule has 0 aromatic heterocycles. The Balaban J connectivity index is 1.40. The van der Waals surface area contributed by atoms with Gasteiger partial charge in [0, 0.05) is 31.3 Å². The molecule has 2 atom stereocenters. The minimum atomic E-state index is -3.62. The minimum absolute atomic E-state index is 0.0373. The Morgan fingerprint density at radius 2 is 1.80 bits per heavy atom. The molecule has 0 aliphatic carbocycles. The summed E-state index contributed by atoms with van der Waals surface area (Å²) < 4.78 is 33.1. The van der Waals surface area contributed by atoms with E-state index in [1.165, 1.54) is 17.7 Å². The second-order valence-electron chi connectivity index (χ2n) is 8.00. The van der Waals surface area contributed by atoms with Crippen LogP contribution in [-0.2, 0) is 21.2 Å². The van der Waals surface area contributed by atoms with Crippen LogP contribution in [0.15, 0.2) is 59.5 Å². The lowest BCUT2D eigenvalue weighted by atomic mass is 10.0. The van der Waals surface area contributed by atoms with E-state index in [2.05, 4.69) is 16.9 Å². The number of rotatable bonds is 7. The van der Waals surface area contributed by atoms with Gasteiger partial charge in [0.1, 0.15) is 0 Å². The molecule has 0 spiro atoms. The zero-order valence-corrected chi connectivity index (χ0v) is 17.8. The molecule has 2 saturated heterocycles. The highest BCUT2D eigenvalue weighted by Gasteiger charge is 2.29. The van der Waals surface area contributed by atoms with Gasteiger partial charge in [-0.3, -0.25) is 4.79 Å². The van der Waals surface area contributed by atoms with Crippen molar-refractivity contribution in [1.82, 2.24) is 9.62 Å². The number of nitrogens with one attached hydrogen (secondary N) is 1. The molecule has 160 valence electrons. The highest BCUT2D eigenvalue weighted by molar-refractivity contribution is 7.89. The van der Waals surface area contributed by atoms with Gasteiger partial charge < -0.3 is 9.64 Å². The Bertz CT molecular complexity index is 954. The van der Waals surface area contributed by atoms with E-state index in [4.69, 9.17) is 4.74 Å². The first kappa shape index (κ1) is 21.0. The summed E-state index contributed by atoms with van der Waals surface area (Å²) in [5, 5.41) is 0. The maximum Gasteiger partial charge on any atom is 0.254 e. The number of sulfonamides is 1. The van der Waals surface area contributed by atoms with E-state index in [9.17, 15) is 13.2 Å². The molecule has 0 bridgehead atoms. The monoisotopic (exact) mass is 428 g/mol. The zero-order chi connectivity index (χ0) is 21.0. The van der Waals surface area contributed by atoms with Gasteiger partial charge in [-0.2, -0.15) is 0 Å². The number of carbonyl (C=O) groups is 1. The third-order valence-corrected chi connectivity index (χ3v) is 7.33. The summed E-state index contributed by atoms with van der Waals surface area (Å²) in [6, 6.07) is 16.6. The molecule has 2 aliphatic heterocycles. The molecule has 2 heterocycles. The molecule has 1 amide bonds. The van der Waals surface area contributed by atoms with Gasteiger partial charge in [0.05, 0.1) is 11.0 Å². The molecule has 6 nitrogen and oxygen atoms in total. The largest absolute Gasteiger partial charge is 0.377 e. The Morgan fingerprint density at radius 3 is 2.50 bits per heavy atom. The van der Waals surface area contributed by atoms with Gasteiger partial charge in [0.2, 0.25) is 10.0 Å². The summed E-state index contributed by atoms with van der Waals surface area (Å²) in [6.45, 7) is 1.70. The number of ether oxygens (including phenoxy) is 1. The molecule has 2 aromatic carbocycles. The van der Waals surface area contributed by atoms with Crippen LogP contribution in [0.1, 0.15) is 41.6 Å². The first-order chi connectivity index (χ1) is 14.5. The Morgan fingerprint density at radius 1 is 1.03 bits per heavy atom. The van der Waals surface area contributed by atoms with Crippen molar-refractivity contribution in [3.63, 3.8) is 0 Å². The van der Waals surface area contributed by atoms with Crippen LogP contribution < -0.4 is 4.72 Å². The van der Waals surface area contributed by atoms with Crippen LogP contribution in [0.5, 0.6) is 0 Å². The van der Waals surface area contributed by atoms with Crippen molar-refractivity contribution in [3.8, 4) is 0 Å². The molecule has 0 radical (unpaired) electrons. The molecule has 7 heteroatoms. The molecule has 30 heavy (non-hydrogen) atoms. The van der Waals surface area contributed by atoms with Gasteiger partial charge in [0.25, 0.3) is 5.91 Å². The van der Waals surface area contributed by atoms with Crippen LogP contribution >= 0.6 is 0 Å². The Kier molecular flexibility index (Phi) is 6.51. The number of hydrogen-bond acceptors (Lipinski definition) is 4. The van der Waals surface area contributed by atoms with E-state index in [0.29, 0.717) is 12.2 Å². The first-order valence-corrected chi connectivity index (χ1v) is 12.1. The molecule has 4 rings (SSSR count). The lowest BCUT2D eigenvalue weighted by Gasteiger charge is -2.25. The number of hydrogen-bond donors (Lipinski definition) is 1. The standard InChI is InChI=1S/C23H28N2O4S/c26-23(25-14-4-8-20(25)16-18-6-2-1-3-7-18)19-10-12-22(13-11-19)30(27,28)24-17-21-9-5-15-29-21/h1-3,6-7,10-13,20-21,24H,4-5,8-9,14-17H2. The van der Waals surface area contributed by atoms with E-state index in [1.807, 2.05) is 23.1 Å². The lowest BCUT2D eigenvalue weighted by molar-refractivity contribution is 0.0736. The van der Waals surface area contributed by atoms with Crippen molar-refractivity contribution in [2.75, 3.05) is 19.7 Å². The molecule has 2 aromatic rings. The second-order valence-corrected chi connectivity index (χ2v) is 9.76. The van der Waals surface area contributed by atoms with E-state index in [1.54, 1.807) is 12.1 Å². The molecule has 2 aliphatic rings. The third-order valence-electron chi connectivity index (χ3n) is 5.89. The third kappa shape index (κ3) is 4.91. The van der Waals surface area contributed by atoms with Crippen molar-refractivity contribution >= 4 is 15.9 Å². The van der Waals surface area contributed by atoms with Gasteiger partial charge in [0.15, 0.2) is 0 Å². The summed E-state index contributed by atoms with van der Waals surface area (Å²) in [5.74, 6) is -0.0373. The van der Waals surface area contributed by atoms with E-state index in [0.717, 1.165) is 38.6 Å². The molecule has 0 saturated carbocycles. The van der Waals surface area contributed by atoms with E-state index < -0.39 is 10.0 Å². The Hall–Kier alpha value is -2.22. The predicted molar refractivity (Wildman–Crippen MR) is 115 cm³/mol. The van der Waals surface area contributed by atoms with Gasteiger partial charge in [-0.1, -0.05) is 30.3 Å². The highest BCUT2D eigenvalue weighted by atomic mass is 32.2. The topological polar surface area (TPSA) is 75.7 Å². The number of nitrogens with zero attached hydrogens (tertiary/aromatic N) is 1. The van der Waals surface area contributed by atoms with Gasteiger partial charge in [-0.05, 0) is 61.9 Å². The van der Waals surface area contributed by atoms with Gasteiger partial charge in [-0.25, -0.2) is 13.1 Å². The molecule has 1 N–H and O–H groups in total. The summed E-state index contributed by atoms with van der Waals surface area (Å²) >= 11 is 0. The summed E-state index contributed by atoms with van der Waals surface area (Å²) in [6.07, 6.45) is 4.59. The van der Waals surface area contributed by atoms with Crippen molar-refractivity contribution in [2.24, 2.45) is 0 Å². The number of carbonyl (C=O) groups excluding carboxylic acids is 1. The van der Waals surface area contributed by atoms with Crippen molar-refractivity contribution in [3.05, 3.63) is 65.7 Å². The quantitative estimate of drug-likeness (QED) is 0.736. The second kappa shape index (κ2) is 9.29. The van der Waals surface area contributed by atoms with Crippen LogP contribution in [0.3, 0.4) is 0 Å².